The van der Waals surface area contributed by atoms with Gasteiger partial charge in [0.05, 0.1) is 11.1 Å². The fraction of sp³-hybridized carbons (Fsp3) is 0.350. The molecule has 8 nitrogen and oxygen atoms in total. The van der Waals surface area contributed by atoms with Gasteiger partial charge in [-0.3, -0.25) is 4.79 Å². The van der Waals surface area contributed by atoms with E-state index < -0.39 is 5.41 Å². The van der Waals surface area contributed by atoms with Gasteiger partial charge in [0.2, 0.25) is 12.7 Å². The highest BCUT2D eigenvalue weighted by Gasteiger charge is 2.53. The summed E-state index contributed by atoms with van der Waals surface area (Å²) in [6.07, 6.45) is 5.21. The van der Waals surface area contributed by atoms with Gasteiger partial charge in [-0.1, -0.05) is 5.16 Å². The molecule has 1 N–H and O–H groups in total. The number of imidazole rings is 1. The van der Waals surface area contributed by atoms with Gasteiger partial charge in [0, 0.05) is 37.1 Å². The molecule has 1 aromatic carbocycles. The lowest BCUT2D eigenvalue weighted by Gasteiger charge is -2.13. The molecule has 2 aromatic heterocycles. The molecular weight excluding hydrogens is 360 g/mol. The van der Waals surface area contributed by atoms with Gasteiger partial charge < -0.3 is 23.9 Å². The average Bonchev–Trinajstić information content (AvgIpc) is 3.05. The number of amides is 1. The Balaban J connectivity index is 1.28. The lowest BCUT2D eigenvalue weighted by Crippen LogP contribution is -2.36. The van der Waals surface area contributed by atoms with Crippen molar-refractivity contribution in [3.8, 4) is 22.8 Å². The fourth-order valence-electron chi connectivity index (χ4n) is 3.51. The van der Waals surface area contributed by atoms with Gasteiger partial charge in [-0.2, -0.15) is 0 Å². The summed E-state index contributed by atoms with van der Waals surface area (Å²) in [5, 5.41) is 7.22. The summed E-state index contributed by atoms with van der Waals surface area (Å²) in [6.45, 7) is 3.40. The van der Waals surface area contributed by atoms with Crippen LogP contribution in [0.25, 0.3) is 11.3 Å². The maximum atomic E-state index is 12.8. The molecule has 144 valence electrons. The molecule has 0 atom stereocenters. The van der Waals surface area contributed by atoms with E-state index in [9.17, 15) is 4.79 Å². The van der Waals surface area contributed by atoms with Crippen LogP contribution in [0, 0.1) is 6.92 Å². The summed E-state index contributed by atoms with van der Waals surface area (Å²) < 4.78 is 18.3. The van der Waals surface area contributed by atoms with Crippen molar-refractivity contribution in [3.63, 3.8) is 0 Å². The molecule has 28 heavy (non-hydrogen) atoms. The summed E-state index contributed by atoms with van der Waals surface area (Å²) in [7, 11) is 0. The van der Waals surface area contributed by atoms with Crippen LogP contribution < -0.4 is 14.8 Å². The van der Waals surface area contributed by atoms with Gasteiger partial charge >= 0.3 is 0 Å². The van der Waals surface area contributed by atoms with Crippen molar-refractivity contribution in [2.24, 2.45) is 0 Å². The largest absolute Gasteiger partial charge is 0.454 e. The van der Waals surface area contributed by atoms with Crippen LogP contribution in [0.1, 0.15) is 24.4 Å². The number of carbonyl (C=O) groups is 1. The van der Waals surface area contributed by atoms with E-state index in [4.69, 9.17) is 14.0 Å². The number of rotatable bonds is 6. The highest BCUT2D eigenvalue weighted by Crippen LogP contribution is 2.49. The summed E-state index contributed by atoms with van der Waals surface area (Å²) in [5.74, 6) is 2.94. The standard InChI is InChI=1S/C20H20N4O4/c1-13-21-6-8-24(13)9-7-22-19(25)20(4-5-20)18-11-16(28-23-18)14-2-3-15-17(10-14)27-12-26-15/h2-3,6,8,10-11H,4-5,7,9,12H2,1H3,(H,22,25). The van der Waals surface area contributed by atoms with Crippen LogP contribution in [0.3, 0.4) is 0 Å². The predicted octanol–water partition coefficient (Wildman–Crippen LogP) is 2.42. The Morgan fingerprint density at radius 2 is 2.11 bits per heavy atom. The van der Waals surface area contributed by atoms with Crippen molar-refractivity contribution in [1.29, 1.82) is 0 Å². The molecule has 2 aliphatic rings. The van der Waals surface area contributed by atoms with Gasteiger partial charge in [0.15, 0.2) is 17.3 Å². The van der Waals surface area contributed by atoms with E-state index in [2.05, 4.69) is 15.5 Å². The van der Waals surface area contributed by atoms with Crippen molar-refractivity contribution >= 4 is 5.91 Å². The van der Waals surface area contributed by atoms with E-state index >= 15 is 0 Å². The van der Waals surface area contributed by atoms with Crippen LogP contribution >= 0.6 is 0 Å². The Morgan fingerprint density at radius 1 is 1.25 bits per heavy atom. The van der Waals surface area contributed by atoms with Crippen LogP contribution in [0.4, 0.5) is 0 Å². The molecular formula is C20H20N4O4. The monoisotopic (exact) mass is 380 g/mol. The Hall–Kier alpha value is -3.29. The van der Waals surface area contributed by atoms with Crippen LogP contribution in [0.15, 0.2) is 41.2 Å². The first-order valence-corrected chi connectivity index (χ1v) is 9.29. The minimum atomic E-state index is -0.581. The molecule has 5 rings (SSSR count). The van der Waals surface area contributed by atoms with E-state index in [1.54, 1.807) is 6.20 Å². The Kier molecular flexibility index (Phi) is 3.85. The number of aryl methyl sites for hydroxylation is 1. The number of benzene rings is 1. The van der Waals surface area contributed by atoms with Gasteiger partial charge in [-0.25, -0.2) is 4.98 Å². The highest BCUT2D eigenvalue weighted by atomic mass is 16.7. The third kappa shape index (κ3) is 2.81. The number of hydrogen-bond acceptors (Lipinski definition) is 6. The van der Waals surface area contributed by atoms with E-state index in [1.807, 2.05) is 42.0 Å². The first-order valence-electron chi connectivity index (χ1n) is 9.29. The lowest BCUT2D eigenvalue weighted by molar-refractivity contribution is -0.123. The molecule has 1 amide bonds. The topological polar surface area (TPSA) is 91.4 Å². The van der Waals surface area contributed by atoms with E-state index in [0.717, 1.165) is 30.0 Å². The number of fused-ring (bicyclic) bond motifs is 1. The van der Waals surface area contributed by atoms with Crippen LogP contribution in [-0.2, 0) is 16.8 Å². The molecule has 1 fully saturated rings. The number of ether oxygens (including phenoxy) is 2. The van der Waals surface area contributed by atoms with Crippen molar-refractivity contribution in [1.82, 2.24) is 20.0 Å². The smallest absolute Gasteiger partial charge is 0.232 e. The van der Waals surface area contributed by atoms with E-state index in [1.165, 1.54) is 0 Å². The molecule has 0 unspecified atom stereocenters. The predicted molar refractivity (Wildman–Crippen MR) is 98.9 cm³/mol. The lowest BCUT2D eigenvalue weighted by atomic mass is 10.0. The minimum absolute atomic E-state index is 0.00388. The van der Waals surface area contributed by atoms with Crippen LogP contribution in [0.5, 0.6) is 11.5 Å². The molecule has 3 aromatic rings. The molecule has 3 heterocycles. The van der Waals surface area contributed by atoms with Crippen molar-refractivity contribution in [2.45, 2.75) is 31.7 Å². The first-order chi connectivity index (χ1) is 13.7. The van der Waals surface area contributed by atoms with Crippen molar-refractivity contribution < 1.29 is 18.8 Å². The van der Waals surface area contributed by atoms with E-state index in [-0.39, 0.29) is 12.7 Å². The Labute approximate surface area is 161 Å². The number of carbonyl (C=O) groups excluding carboxylic acids is 1. The fourth-order valence-corrected chi connectivity index (χ4v) is 3.51. The first kappa shape index (κ1) is 16.9. The number of aromatic nitrogens is 3. The zero-order valence-corrected chi connectivity index (χ0v) is 15.5. The van der Waals surface area contributed by atoms with Crippen molar-refractivity contribution in [2.75, 3.05) is 13.3 Å². The molecule has 1 saturated carbocycles. The van der Waals surface area contributed by atoms with Gasteiger partial charge in [-0.05, 0) is 38.0 Å². The molecule has 0 bridgehead atoms. The van der Waals surface area contributed by atoms with Gasteiger partial charge in [0.1, 0.15) is 5.82 Å². The normalized spacial score (nSPS) is 16.2. The number of nitrogens with one attached hydrogen (secondary N) is 1. The molecule has 1 aliphatic carbocycles. The second-order valence-corrected chi connectivity index (χ2v) is 7.15. The highest BCUT2D eigenvalue weighted by molar-refractivity contribution is 5.91. The number of hydrogen-bond donors (Lipinski definition) is 1. The zero-order chi connectivity index (χ0) is 19.1. The summed E-state index contributed by atoms with van der Waals surface area (Å²) in [6, 6.07) is 7.45. The Morgan fingerprint density at radius 3 is 2.89 bits per heavy atom. The van der Waals surface area contributed by atoms with Gasteiger partial charge in [0.25, 0.3) is 0 Å². The second-order valence-electron chi connectivity index (χ2n) is 7.15. The Bertz CT molecular complexity index is 1030. The summed E-state index contributed by atoms with van der Waals surface area (Å²) in [5.41, 5.74) is 0.938. The van der Waals surface area contributed by atoms with Crippen molar-refractivity contribution in [3.05, 3.63) is 48.2 Å². The van der Waals surface area contributed by atoms with Gasteiger partial charge in [-0.15, -0.1) is 0 Å². The third-order valence-electron chi connectivity index (χ3n) is 5.40. The van der Waals surface area contributed by atoms with E-state index in [0.29, 0.717) is 30.3 Å². The minimum Gasteiger partial charge on any atom is -0.454 e. The summed E-state index contributed by atoms with van der Waals surface area (Å²) in [4.78, 5) is 17.0. The van der Waals surface area contributed by atoms with Crippen LogP contribution in [0.2, 0.25) is 0 Å². The third-order valence-corrected chi connectivity index (χ3v) is 5.40. The van der Waals surface area contributed by atoms with Crippen LogP contribution in [-0.4, -0.2) is 34.0 Å². The molecule has 0 saturated heterocycles. The molecule has 0 radical (unpaired) electrons. The quantitative estimate of drug-likeness (QED) is 0.706. The second kappa shape index (κ2) is 6.40. The maximum Gasteiger partial charge on any atom is 0.232 e. The molecule has 8 heteroatoms. The number of nitrogens with zero attached hydrogens (tertiary/aromatic N) is 3. The maximum absolute atomic E-state index is 12.8. The average molecular weight is 380 g/mol. The summed E-state index contributed by atoms with van der Waals surface area (Å²) >= 11 is 0. The zero-order valence-electron chi connectivity index (χ0n) is 15.5. The SMILES string of the molecule is Cc1nccn1CCNC(=O)C1(c2cc(-c3ccc4c(c3)OCO4)on2)CC1. The molecule has 1 aliphatic heterocycles. The molecule has 0 spiro atoms.